The van der Waals surface area contributed by atoms with Gasteiger partial charge in [-0.25, -0.2) is 0 Å². The maximum Gasteiger partial charge on any atom is 1.00 e. The predicted molar refractivity (Wildman–Crippen MR) is 51.0 cm³/mol. The summed E-state index contributed by atoms with van der Waals surface area (Å²) in [6, 6.07) is 0. The monoisotopic (exact) mass is 270 g/mol. The Balaban J connectivity index is -0.0000000445. The minimum atomic E-state index is -0.931. The maximum atomic E-state index is 7.50. The first-order valence-corrected chi connectivity index (χ1v) is 7.02. The summed E-state index contributed by atoms with van der Waals surface area (Å²) < 4.78 is 22.5. The molecule has 0 atom stereocenters. The van der Waals surface area contributed by atoms with Crippen LogP contribution in [0.4, 0.5) is 0 Å². The van der Waals surface area contributed by atoms with E-state index < -0.39 is 8.07 Å². The summed E-state index contributed by atoms with van der Waals surface area (Å²) in [5.41, 5.74) is 0. The smallest absolute Gasteiger partial charge is 0 e. The van der Waals surface area contributed by atoms with Crippen molar-refractivity contribution in [3.63, 3.8) is 0 Å². The van der Waals surface area contributed by atoms with E-state index >= 15 is 0 Å². The first-order valence-electron chi connectivity index (χ1n) is 3.52. The molecule has 0 radical (unpaired) electrons. The van der Waals surface area contributed by atoms with Gasteiger partial charge in [-0.3, -0.25) is 0 Å². The van der Waals surface area contributed by atoms with Crippen LogP contribution in [0.2, 0.25) is 19.6 Å². The Morgan fingerprint density at radius 3 is 1.25 bits per heavy atom. The molecule has 0 aliphatic heterocycles. The van der Waals surface area contributed by atoms with Gasteiger partial charge in [-0.2, -0.15) is 23.4 Å². The Morgan fingerprint density at radius 1 is 1.00 bits per heavy atom. The molecule has 0 N–H and O–H groups in total. The van der Waals surface area contributed by atoms with E-state index in [2.05, 4.69) is 57.8 Å². The van der Waals surface area contributed by atoms with Crippen molar-refractivity contribution in [3.8, 4) is 0 Å². The first kappa shape index (κ1) is 29.8. The number of hydrogen-bond acceptors (Lipinski definition) is 0. The summed E-state index contributed by atoms with van der Waals surface area (Å²) in [4.78, 5) is 0. The molecule has 6 heteroatoms. The van der Waals surface area contributed by atoms with E-state index in [9.17, 15) is 0 Å². The van der Waals surface area contributed by atoms with Crippen LogP contribution in [-0.2, 0) is 31.0 Å². The zero-order valence-electron chi connectivity index (χ0n) is 9.73. The van der Waals surface area contributed by atoms with Gasteiger partial charge in [0.25, 0.3) is 0 Å². The molecule has 16 heavy (non-hydrogen) atoms. The molecule has 0 heterocycles. The third-order valence-corrected chi connectivity index (χ3v) is 3.36. The third kappa shape index (κ3) is 16.5. The molecule has 0 aromatic carbocycles. The van der Waals surface area contributed by atoms with Crippen LogP contribution in [0.1, 0.15) is 0 Å². The fourth-order valence-electron chi connectivity index (χ4n) is 0.600. The van der Waals surface area contributed by atoms with Crippen molar-refractivity contribution in [1.82, 2.24) is 0 Å². The van der Waals surface area contributed by atoms with Gasteiger partial charge in [0.1, 0.15) is 0 Å². The van der Waals surface area contributed by atoms with Crippen LogP contribution in [0.3, 0.4) is 0 Å². The van der Waals surface area contributed by atoms with Crippen molar-refractivity contribution >= 4 is 8.07 Å². The predicted octanol–water partition coefficient (Wildman–Crippen LogP) is -0.948. The van der Waals surface area contributed by atoms with E-state index in [0.29, 0.717) is 0 Å². The summed E-state index contributed by atoms with van der Waals surface area (Å²) in [5, 5.41) is 1.54. The second-order valence-corrected chi connectivity index (χ2v) is 8.24. The second-order valence-electron chi connectivity index (χ2n) is 3.16. The van der Waals surface area contributed by atoms with Crippen LogP contribution < -0.4 is 18.9 Å². The van der Waals surface area contributed by atoms with E-state index in [1.54, 1.807) is 0 Å². The summed E-state index contributed by atoms with van der Waals surface area (Å²) >= 11 is 0. The van der Waals surface area contributed by atoms with E-state index in [-0.39, 0.29) is 35.9 Å². The van der Waals surface area contributed by atoms with E-state index in [1.807, 2.05) is 0 Å². The summed E-state index contributed by atoms with van der Waals surface area (Å²) in [7, 11) is -0.931. The van der Waals surface area contributed by atoms with Gasteiger partial charge in [0, 0.05) is 25.1 Å². The summed E-state index contributed by atoms with van der Waals surface area (Å²) in [5.74, 6) is 0. The van der Waals surface area contributed by atoms with Gasteiger partial charge in [-0.15, -0.1) is 0 Å². The number of rotatable bonds is 1. The quantitative estimate of drug-likeness (QED) is 0.335. The normalized spacial score (nSPS) is 9.19. The van der Waals surface area contributed by atoms with Crippen molar-refractivity contribution in [1.29, 1.82) is 0 Å². The van der Waals surface area contributed by atoms with E-state index in [4.69, 9.17) is 14.0 Å². The molecule has 0 aromatic rings. The Labute approximate surface area is 121 Å². The van der Waals surface area contributed by atoms with E-state index in [1.165, 1.54) is 5.20 Å². The fourth-order valence-corrected chi connectivity index (χ4v) is 1.63. The topological polar surface area (TPSA) is 59.7 Å². The molecule has 0 spiro atoms. The van der Waals surface area contributed by atoms with Gasteiger partial charge in [-0.05, 0) is 0 Å². The molecule has 0 fully saturated rings. The van der Waals surface area contributed by atoms with Crippen molar-refractivity contribution < 1.29 is 49.9 Å². The molecule has 3 nitrogen and oxygen atoms in total. The van der Waals surface area contributed by atoms with Gasteiger partial charge < -0.3 is 0 Å². The van der Waals surface area contributed by atoms with Crippen molar-refractivity contribution in [3.05, 3.63) is 43.4 Å². The average molecular weight is 270 g/mol. The minimum Gasteiger partial charge on any atom is 0 e. The fraction of sp³-hybridized carbons (Fsp3) is 0.300. The second kappa shape index (κ2) is 20.4. The molecule has 0 amide bonds. The molecule has 82 valence electrons. The molecule has 0 saturated heterocycles. The van der Waals surface area contributed by atoms with Gasteiger partial charge in [0.05, 0.1) is 0 Å². The van der Waals surface area contributed by atoms with Crippen LogP contribution in [0.5, 0.6) is 0 Å². The van der Waals surface area contributed by atoms with Crippen LogP contribution in [0, 0.1) is 26.0 Å². The Kier molecular flexibility index (Phi) is 38.0. The maximum absolute atomic E-state index is 7.50. The zero-order chi connectivity index (χ0) is 12.2. The SMILES string of the molecule is C[Si](C)(C)C1=C[C-]=C1.[C-]#[O+].[C-]#[O+].[C-]#[O+].[Fe].[Li+]. The molecule has 0 aromatic heterocycles. The number of allylic oxidation sites excluding steroid dienone is 4. The standard InChI is InChI=1S/C7H11Si.3CO.Fe.Li/c1-8(2,3)7-5-4-6-7;3*1-2;;/h5-6H,1-3H3;;;;;/q-1;;;;;+1. The van der Waals surface area contributed by atoms with Gasteiger partial charge in [0.15, 0.2) is 0 Å². The molecular formula is C10H11FeLiO3Si. The molecule has 0 unspecified atom stereocenters. The Morgan fingerprint density at radius 2 is 1.25 bits per heavy atom. The van der Waals surface area contributed by atoms with Crippen LogP contribution in [0.15, 0.2) is 17.3 Å². The largest absolute Gasteiger partial charge is 1.00 e. The van der Waals surface area contributed by atoms with E-state index in [0.717, 1.165) is 0 Å². The molecule has 0 saturated carbocycles. The first-order chi connectivity index (χ1) is 6.61. The molecule has 0 bridgehead atoms. The molecule has 1 rings (SSSR count). The van der Waals surface area contributed by atoms with Crippen LogP contribution in [0.25, 0.3) is 0 Å². The Hall–Kier alpha value is 0.0338. The molecule has 1 aliphatic rings. The minimum absolute atomic E-state index is 0. The Bertz CT molecular complexity index is 247. The van der Waals surface area contributed by atoms with Crippen molar-refractivity contribution in [2.45, 2.75) is 19.6 Å². The van der Waals surface area contributed by atoms with Gasteiger partial charge in [0.2, 0.25) is 0 Å². The molecule has 1 aliphatic carbocycles. The number of hydrogen-bond donors (Lipinski definition) is 0. The van der Waals surface area contributed by atoms with Gasteiger partial charge >= 0.3 is 52.8 Å². The zero-order valence-corrected chi connectivity index (χ0v) is 11.8. The van der Waals surface area contributed by atoms with Crippen molar-refractivity contribution in [2.75, 3.05) is 0 Å². The van der Waals surface area contributed by atoms with Crippen molar-refractivity contribution in [2.24, 2.45) is 0 Å². The average Bonchev–Trinajstić information content (AvgIpc) is 2.09. The van der Waals surface area contributed by atoms with Crippen LogP contribution in [-0.4, -0.2) is 8.07 Å². The van der Waals surface area contributed by atoms with Gasteiger partial charge in [-0.1, -0.05) is 19.6 Å². The molecular weight excluding hydrogens is 259 g/mol. The van der Waals surface area contributed by atoms with Crippen LogP contribution >= 0.6 is 0 Å². The third-order valence-electron chi connectivity index (χ3n) is 1.34. The summed E-state index contributed by atoms with van der Waals surface area (Å²) in [6.07, 6.45) is 7.22. The summed E-state index contributed by atoms with van der Waals surface area (Å²) in [6.45, 7) is 20.5.